The highest BCUT2D eigenvalue weighted by Crippen LogP contribution is 2.43. The van der Waals surface area contributed by atoms with Crippen molar-refractivity contribution in [2.75, 3.05) is 0 Å². The number of nitrogens with zero attached hydrogens (tertiary/aromatic N) is 4. The van der Waals surface area contributed by atoms with Gasteiger partial charge in [0, 0.05) is 27.1 Å². The van der Waals surface area contributed by atoms with E-state index in [0.29, 0.717) is 5.56 Å². The first-order valence-electron chi connectivity index (χ1n) is 19.1. The predicted octanol–water partition coefficient (Wildman–Crippen LogP) is 13.4. The smallest absolute Gasteiger partial charge is 0.0991 e. The second kappa shape index (κ2) is 13.0. The predicted molar refractivity (Wildman–Crippen MR) is 233 cm³/mol. The Morgan fingerprint density at radius 2 is 0.946 bits per heavy atom. The highest BCUT2D eigenvalue weighted by atomic mass is 15.0. The Morgan fingerprint density at radius 3 is 1.45 bits per heavy atom. The summed E-state index contributed by atoms with van der Waals surface area (Å²) in [6.45, 7) is 8.66. The quantitative estimate of drug-likeness (QED) is 0.178. The molecule has 7 aromatic carbocycles. The minimum Gasteiger partial charge on any atom is -0.307 e. The number of benzene rings is 7. The van der Waals surface area contributed by atoms with Gasteiger partial charge in [-0.05, 0) is 115 Å². The molecule has 0 aliphatic carbocycles. The van der Waals surface area contributed by atoms with Gasteiger partial charge >= 0.3 is 0 Å². The molecule has 0 amide bonds. The van der Waals surface area contributed by atoms with Crippen molar-refractivity contribution in [2.45, 2.75) is 27.7 Å². The number of pyridine rings is 1. The molecule has 0 spiro atoms. The maximum atomic E-state index is 10.1. The first-order valence-corrected chi connectivity index (χ1v) is 19.1. The van der Waals surface area contributed by atoms with Crippen LogP contribution in [0.15, 0.2) is 158 Å². The summed E-state index contributed by atoms with van der Waals surface area (Å²) in [5, 5.41) is 14.8. The largest absolute Gasteiger partial charge is 0.307 e. The van der Waals surface area contributed by atoms with E-state index < -0.39 is 0 Å². The lowest BCUT2D eigenvalue weighted by Crippen LogP contribution is -2.05. The number of hydrogen-bond donors (Lipinski definition) is 0. The molecule has 10 aromatic rings. The third-order valence-corrected chi connectivity index (χ3v) is 11.4. The number of hydrogen-bond acceptors (Lipinski definition) is 2. The maximum absolute atomic E-state index is 10.1. The Morgan fingerprint density at radius 1 is 0.446 bits per heavy atom. The Labute approximate surface area is 326 Å². The molecule has 0 unspecified atom stereocenters. The fraction of sp³-hybridized carbons (Fsp3) is 0.0769. The second-order valence-corrected chi connectivity index (χ2v) is 15.1. The van der Waals surface area contributed by atoms with Gasteiger partial charge < -0.3 is 9.13 Å². The molecule has 3 heterocycles. The molecule has 0 saturated carbocycles. The third-order valence-electron chi connectivity index (χ3n) is 11.4. The van der Waals surface area contributed by atoms with Gasteiger partial charge in [-0.1, -0.05) is 108 Å². The van der Waals surface area contributed by atoms with E-state index in [9.17, 15) is 5.26 Å². The molecule has 0 aliphatic heterocycles. The minimum absolute atomic E-state index is 0.608. The minimum atomic E-state index is 0.608. The van der Waals surface area contributed by atoms with Crippen LogP contribution < -0.4 is 0 Å². The van der Waals surface area contributed by atoms with Crippen molar-refractivity contribution in [3.05, 3.63) is 186 Å². The summed E-state index contributed by atoms with van der Waals surface area (Å²) >= 11 is 0. The maximum Gasteiger partial charge on any atom is 0.0991 e. The number of aromatic nitrogens is 3. The van der Waals surface area contributed by atoms with Gasteiger partial charge in [0.1, 0.15) is 0 Å². The average Bonchev–Trinajstić information content (AvgIpc) is 3.72. The Bertz CT molecular complexity index is 3070. The first-order chi connectivity index (χ1) is 27.4. The van der Waals surface area contributed by atoms with Crippen LogP contribution in [0.5, 0.6) is 0 Å². The lowest BCUT2D eigenvalue weighted by molar-refractivity contribution is 1.09. The average molecular weight is 719 g/mol. The van der Waals surface area contributed by atoms with Crippen molar-refractivity contribution in [3.63, 3.8) is 0 Å². The van der Waals surface area contributed by atoms with Crippen LogP contribution in [0.25, 0.3) is 88.4 Å². The van der Waals surface area contributed by atoms with Gasteiger partial charge in [-0.25, -0.2) is 0 Å². The van der Waals surface area contributed by atoms with Gasteiger partial charge in [-0.15, -0.1) is 0 Å². The number of nitriles is 1. The normalized spacial score (nSPS) is 11.6. The molecular formula is C52H38N4. The summed E-state index contributed by atoms with van der Waals surface area (Å²) in [7, 11) is 0. The third kappa shape index (κ3) is 5.24. The van der Waals surface area contributed by atoms with E-state index in [1.54, 1.807) is 0 Å². The molecule has 4 heteroatoms. The molecule has 4 nitrogen and oxygen atoms in total. The topological polar surface area (TPSA) is 46.5 Å². The van der Waals surface area contributed by atoms with Crippen LogP contribution >= 0.6 is 0 Å². The van der Waals surface area contributed by atoms with E-state index in [1.165, 1.54) is 66.1 Å². The van der Waals surface area contributed by atoms with Gasteiger partial charge in [0.25, 0.3) is 0 Å². The lowest BCUT2D eigenvalue weighted by Gasteiger charge is -2.19. The van der Waals surface area contributed by atoms with E-state index in [1.807, 2.05) is 30.6 Å². The van der Waals surface area contributed by atoms with E-state index >= 15 is 0 Å². The molecule has 0 saturated heterocycles. The summed E-state index contributed by atoms with van der Waals surface area (Å²) in [5.41, 5.74) is 18.7. The summed E-state index contributed by atoms with van der Waals surface area (Å²) in [4.78, 5) is 5.02. The van der Waals surface area contributed by atoms with Crippen LogP contribution in [0.1, 0.15) is 27.8 Å². The lowest BCUT2D eigenvalue weighted by atomic mass is 9.97. The monoisotopic (exact) mass is 718 g/mol. The van der Waals surface area contributed by atoms with Crippen molar-refractivity contribution < 1.29 is 0 Å². The molecule has 0 radical (unpaired) electrons. The highest BCUT2D eigenvalue weighted by Gasteiger charge is 2.23. The SMILES string of the molecule is Cc1ccc(-c2ccc3c(c2)c2ccccc2n3-c2cncc(-n3c4ccccc4c4cc(-c5ccc(C)cc5C)ccc43)c2-c2cccc(C#N)c2)c(C)c1. The molecule has 3 aromatic heterocycles. The van der Waals surface area contributed by atoms with Crippen molar-refractivity contribution >= 4 is 43.6 Å². The van der Waals surface area contributed by atoms with Gasteiger partial charge in [0.05, 0.1) is 57.5 Å². The zero-order chi connectivity index (χ0) is 38.1. The molecule has 0 fully saturated rings. The summed E-state index contributed by atoms with van der Waals surface area (Å²) in [5.74, 6) is 0. The molecule has 0 bridgehead atoms. The van der Waals surface area contributed by atoms with Crippen molar-refractivity contribution in [2.24, 2.45) is 0 Å². The molecule has 266 valence electrons. The second-order valence-electron chi connectivity index (χ2n) is 15.1. The summed E-state index contributed by atoms with van der Waals surface area (Å²) in [6.07, 6.45) is 3.96. The fourth-order valence-corrected chi connectivity index (χ4v) is 8.89. The summed E-state index contributed by atoms with van der Waals surface area (Å²) < 4.78 is 4.71. The van der Waals surface area contributed by atoms with Gasteiger partial charge in [0.15, 0.2) is 0 Å². The first kappa shape index (κ1) is 33.4. The van der Waals surface area contributed by atoms with E-state index in [0.717, 1.165) is 44.6 Å². The Kier molecular flexibility index (Phi) is 7.73. The zero-order valence-electron chi connectivity index (χ0n) is 31.8. The van der Waals surface area contributed by atoms with Crippen molar-refractivity contribution in [3.8, 4) is 50.8 Å². The number of para-hydroxylation sites is 2. The molecule has 56 heavy (non-hydrogen) atoms. The molecule has 0 atom stereocenters. The molecular weight excluding hydrogens is 681 g/mol. The van der Waals surface area contributed by atoms with Crippen LogP contribution in [0, 0.1) is 39.0 Å². The molecule has 0 aliphatic rings. The molecule has 10 rings (SSSR count). The van der Waals surface area contributed by atoms with Crippen molar-refractivity contribution in [1.82, 2.24) is 14.1 Å². The number of fused-ring (bicyclic) bond motifs is 6. The summed E-state index contributed by atoms with van der Waals surface area (Å²) in [6, 6.07) is 54.6. The van der Waals surface area contributed by atoms with Crippen LogP contribution in [0.3, 0.4) is 0 Å². The Balaban J connectivity index is 1.28. The zero-order valence-corrected chi connectivity index (χ0v) is 31.8. The fourth-order valence-electron chi connectivity index (χ4n) is 8.89. The molecule has 0 N–H and O–H groups in total. The number of aryl methyl sites for hydroxylation is 4. The van der Waals surface area contributed by atoms with Crippen LogP contribution in [0.2, 0.25) is 0 Å². The number of rotatable bonds is 5. The van der Waals surface area contributed by atoms with Gasteiger partial charge in [-0.3, -0.25) is 4.98 Å². The van der Waals surface area contributed by atoms with E-state index in [-0.39, 0.29) is 0 Å². The Hall–Kier alpha value is -7.22. The van der Waals surface area contributed by atoms with Crippen LogP contribution in [0.4, 0.5) is 0 Å². The van der Waals surface area contributed by atoms with E-state index in [4.69, 9.17) is 4.98 Å². The van der Waals surface area contributed by atoms with Crippen molar-refractivity contribution in [1.29, 1.82) is 5.26 Å². The van der Waals surface area contributed by atoms with Gasteiger partial charge in [0.2, 0.25) is 0 Å². The highest BCUT2D eigenvalue weighted by molar-refractivity contribution is 6.13. The van der Waals surface area contributed by atoms with Gasteiger partial charge in [-0.2, -0.15) is 5.26 Å². The standard InChI is InChI=1S/C52H38N4/c1-32-16-20-40(34(3)24-32)37-18-22-48-44(27-37)42-12-5-7-14-46(42)55(48)50-30-54-31-51(52(50)39-11-9-10-36(26-39)29-53)56-47-15-8-6-13-43(47)45-28-38(19-23-49(45)56)41-21-17-33(2)25-35(41)4/h5-28,30-31H,1-4H3. The van der Waals surface area contributed by atoms with Crippen LogP contribution in [-0.2, 0) is 0 Å². The van der Waals surface area contributed by atoms with E-state index in [2.05, 4.69) is 170 Å². The van der Waals surface area contributed by atoms with Crippen LogP contribution in [-0.4, -0.2) is 14.1 Å².